The number of hydrogen-bond acceptors (Lipinski definition) is 6. The predicted octanol–water partition coefficient (Wildman–Crippen LogP) is 5.94. The van der Waals surface area contributed by atoms with Crippen molar-refractivity contribution in [2.24, 2.45) is 0 Å². The van der Waals surface area contributed by atoms with Gasteiger partial charge >= 0.3 is 0 Å². The Kier molecular flexibility index (Phi) is 7.07. The quantitative estimate of drug-likeness (QED) is 0.288. The van der Waals surface area contributed by atoms with Gasteiger partial charge in [-0.25, -0.2) is 0 Å². The zero-order valence-electron chi connectivity index (χ0n) is 19.8. The molecule has 0 radical (unpaired) electrons. The Bertz CT molecular complexity index is 1340. The molecule has 0 N–H and O–H groups in total. The first-order valence-corrected chi connectivity index (χ1v) is 11.1. The topological polar surface area (TPSA) is 67.1 Å². The molecule has 0 spiro atoms. The Morgan fingerprint density at radius 3 is 2.24 bits per heavy atom. The average molecular weight is 461 g/mol. The first kappa shape index (κ1) is 23.2. The van der Waals surface area contributed by atoms with E-state index in [9.17, 15) is 4.79 Å². The summed E-state index contributed by atoms with van der Waals surface area (Å²) in [5.74, 6) is 2.43. The highest BCUT2D eigenvalue weighted by molar-refractivity contribution is 5.83. The summed E-state index contributed by atoms with van der Waals surface area (Å²) in [6.45, 7) is 4.72. The number of para-hydroxylation sites is 1. The highest BCUT2D eigenvalue weighted by Crippen LogP contribution is 2.37. The Morgan fingerprint density at radius 2 is 1.50 bits per heavy atom. The lowest BCUT2D eigenvalue weighted by Gasteiger charge is -2.14. The minimum absolute atomic E-state index is 0.169. The molecule has 176 valence electrons. The van der Waals surface area contributed by atoms with E-state index in [4.69, 9.17) is 23.4 Å². The van der Waals surface area contributed by atoms with Crippen molar-refractivity contribution in [3.8, 4) is 34.3 Å². The number of benzene rings is 3. The molecule has 3 aromatic carbocycles. The van der Waals surface area contributed by atoms with Gasteiger partial charge in [-0.2, -0.15) is 0 Å². The molecule has 0 fully saturated rings. The fourth-order valence-corrected chi connectivity index (χ4v) is 3.67. The van der Waals surface area contributed by atoms with Gasteiger partial charge in [0.2, 0.25) is 11.2 Å². The number of aryl methyl sites for hydroxylation is 2. The summed E-state index contributed by atoms with van der Waals surface area (Å²) in [7, 11) is 3.14. The van der Waals surface area contributed by atoms with E-state index in [0.29, 0.717) is 53.4 Å². The highest BCUT2D eigenvalue weighted by Gasteiger charge is 2.20. The molecule has 0 unspecified atom stereocenters. The predicted molar refractivity (Wildman–Crippen MR) is 133 cm³/mol. The molecule has 4 rings (SSSR count). The standard InChI is InChI=1S/C28H28O6/c1-18-15-22-24(16-19(18)2)34-27(20-11-12-23(30-3)25(17-20)31-4)28(26(22)29)33-14-8-13-32-21-9-6-5-7-10-21/h5-7,9-12,15-17H,8,13-14H2,1-4H3. The van der Waals surface area contributed by atoms with E-state index in [1.54, 1.807) is 26.4 Å². The molecule has 0 bridgehead atoms. The minimum atomic E-state index is -0.210. The monoisotopic (exact) mass is 460 g/mol. The van der Waals surface area contributed by atoms with Gasteiger partial charge in [-0.1, -0.05) is 18.2 Å². The van der Waals surface area contributed by atoms with Crippen LogP contribution in [-0.2, 0) is 0 Å². The first-order valence-electron chi connectivity index (χ1n) is 11.1. The number of rotatable bonds is 9. The second-order valence-corrected chi connectivity index (χ2v) is 7.96. The van der Waals surface area contributed by atoms with E-state index in [-0.39, 0.29) is 11.2 Å². The van der Waals surface area contributed by atoms with Crippen LogP contribution in [0.1, 0.15) is 17.5 Å². The molecule has 34 heavy (non-hydrogen) atoms. The van der Waals surface area contributed by atoms with Crippen molar-refractivity contribution >= 4 is 11.0 Å². The Balaban J connectivity index is 1.67. The summed E-state index contributed by atoms with van der Waals surface area (Å²) in [5.41, 5.74) is 3.02. The third-order valence-electron chi connectivity index (χ3n) is 5.66. The number of ether oxygens (including phenoxy) is 4. The lowest BCUT2D eigenvalue weighted by atomic mass is 10.0. The summed E-state index contributed by atoms with van der Waals surface area (Å²) >= 11 is 0. The van der Waals surface area contributed by atoms with Gasteiger partial charge in [0.05, 0.1) is 32.8 Å². The van der Waals surface area contributed by atoms with Crippen LogP contribution >= 0.6 is 0 Å². The molecular formula is C28H28O6. The van der Waals surface area contributed by atoms with Gasteiger partial charge in [-0.05, 0) is 67.4 Å². The first-order chi connectivity index (χ1) is 16.5. The van der Waals surface area contributed by atoms with Crippen LogP contribution in [0.15, 0.2) is 69.9 Å². The van der Waals surface area contributed by atoms with Gasteiger partial charge in [-0.15, -0.1) is 0 Å². The minimum Gasteiger partial charge on any atom is -0.493 e. The normalized spacial score (nSPS) is 10.8. The number of methoxy groups -OCH3 is 2. The van der Waals surface area contributed by atoms with Crippen molar-refractivity contribution in [1.82, 2.24) is 0 Å². The average Bonchev–Trinajstić information content (AvgIpc) is 2.86. The van der Waals surface area contributed by atoms with Crippen molar-refractivity contribution in [3.05, 3.63) is 82.0 Å². The zero-order valence-corrected chi connectivity index (χ0v) is 19.8. The van der Waals surface area contributed by atoms with Crippen molar-refractivity contribution in [2.75, 3.05) is 27.4 Å². The molecule has 0 saturated carbocycles. The number of hydrogen-bond donors (Lipinski definition) is 0. The molecule has 0 saturated heterocycles. The van der Waals surface area contributed by atoms with Gasteiger partial charge in [0, 0.05) is 12.0 Å². The van der Waals surface area contributed by atoms with Crippen LogP contribution in [0.3, 0.4) is 0 Å². The molecule has 0 atom stereocenters. The van der Waals surface area contributed by atoms with Crippen LogP contribution in [0.4, 0.5) is 0 Å². The van der Waals surface area contributed by atoms with Crippen LogP contribution in [0.25, 0.3) is 22.3 Å². The smallest absolute Gasteiger partial charge is 0.235 e. The lowest BCUT2D eigenvalue weighted by Crippen LogP contribution is -2.13. The van der Waals surface area contributed by atoms with Crippen LogP contribution in [-0.4, -0.2) is 27.4 Å². The summed E-state index contributed by atoms with van der Waals surface area (Å²) in [6, 6.07) is 18.7. The van der Waals surface area contributed by atoms with Crippen LogP contribution in [0, 0.1) is 13.8 Å². The Hall–Kier alpha value is -3.93. The van der Waals surface area contributed by atoms with Gasteiger partial charge < -0.3 is 23.4 Å². The van der Waals surface area contributed by atoms with Crippen molar-refractivity contribution in [3.63, 3.8) is 0 Å². The summed E-state index contributed by atoms with van der Waals surface area (Å²) in [6.07, 6.45) is 0.602. The molecule has 1 aromatic heterocycles. The van der Waals surface area contributed by atoms with E-state index in [1.807, 2.05) is 62.4 Å². The van der Waals surface area contributed by atoms with Crippen LogP contribution in [0.5, 0.6) is 23.0 Å². The maximum Gasteiger partial charge on any atom is 0.235 e. The third-order valence-corrected chi connectivity index (χ3v) is 5.66. The summed E-state index contributed by atoms with van der Waals surface area (Å²) in [5, 5.41) is 0.489. The van der Waals surface area contributed by atoms with Gasteiger partial charge in [0.15, 0.2) is 17.3 Å². The summed E-state index contributed by atoms with van der Waals surface area (Å²) in [4.78, 5) is 13.5. The summed E-state index contributed by atoms with van der Waals surface area (Å²) < 4.78 is 28.8. The maximum absolute atomic E-state index is 13.5. The van der Waals surface area contributed by atoms with Gasteiger partial charge in [0.1, 0.15) is 11.3 Å². The number of fused-ring (bicyclic) bond motifs is 1. The van der Waals surface area contributed by atoms with E-state index >= 15 is 0 Å². The molecule has 4 aromatic rings. The Morgan fingerprint density at radius 1 is 0.794 bits per heavy atom. The zero-order chi connectivity index (χ0) is 24.1. The highest BCUT2D eigenvalue weighted by atomic mass is 16.5. The second-order valence-electron chi connectivity index (χ2n) is 7.96. The van der Waals surface area contributed by atoms with E-state index < -0.39 is 0 Å². The molecular weight excluding hydrogens is 432 g/mol. The van der Waals surface area contributed by atoms with Crippen molar-refractivity contribution in [2.45, 2.75) is 20.3 Å². The Labute approximate surface area is 198 Å². The molecule has 6 heteroatoms. The van der Waals surface area contributed by atoms with E-state index in [2.05, 4.69) is 0 Å². The van der Waals surface area contributed by atoms with Crippen molar-refractivity contribution in [1.29, 1.82) is 0 Å². The van der Waals surface area contributed by atoms with E-state index in [1.165, 1.54) is 0 Å². The molecule has 0 aliphatic rings. The molecule has 0 aliphatic carbocycles. The largest absolute Gasteiger partial charge is 0.493 e. The van der Waals surface area contributed by atoms with Crippen molar-refractivity contribution < 1.29 is 23.4 Å². The maximum atomic E-state index is 13.5. The van der Waals surface area contributed by atoms with Crippen LogP contribution in [0.2, 0.25) is 0 Å². The molecule has 0 amide bonds. The molecule has 6 nitrogen and oxygen atoms in total. The third kappa shape index (κ3) is 4.86. The van der Waals surface area contributed by atoms with Crippen LogP contribution < -0.4 is 24.4 Å². The fourth-order valence-electron chi connectivity index (χ4n) is 3.67. The molecule has 1 heterocycles. The fraction of sp³-hybridized carbons (Fsp3) is 0.250. The van der Waals surface area contributed by atoms with Gasteiger partial charge in [0.25, 0.3) is 0 Å². The SMILES string of the molecule is COc1ccc(-c2oc3cc(C)c(C)cc3c(=O)c2OCCCOc2ccccc2)cc1OC. The van der Waals surface area contributed by atoms with E-state index in [0.717, 1.165) is 16.9 Å². The molecule has 0 aliphatic heterocycles. The van der Waals surface area contributed by atoms with Gasteiger partial charge in [-0.3, -0.25) is 4.79 Å². The lowest BCUT2D eigenvalue weighted by molar-refractivity contribution is 0.244. The second kappa shape index (κ2) is 10.3.